The number of halogens is 1. The van der Waals surface area contributed by atoms with Gasteiger partial charge in [-0.2, -0.15) is 0 Å². The molecule has 8 rings (SSSR count). The van der Waals surface area contributed by atoms with Crippen molar-refractivity contribution in [2.24, 2.45) is 0 Å². The van der Waals surface area contributed by atoms with E-state index in [9.17, 15) is 19.1 Å². The first-order valence-corrected chi connectivity index (χ1v) is 17.1. The van der Waals surface area contributed by atoms with Crippen LogP contribution in [0.4, 0.5) is 4.39 Å². The number of aromatic hydroxyl groups is 1. The maximum atomic E-state index is 14.6. The predicted molar refractivity (Wildman–Crippen MR) is 188 cm³/mol. The van der Waals surface area contributed by atoms with Gasteiger partial charge in [0, 0.05) is 50.7 Å². The molecule has 11 nitrogen and oxygen atoms in total. The fraction of sp³-hybridized carbons (Fsp3) is 0.316. The van der Waals surface area contributed by atoms with Crippen molar-refractivity contribution in [2.45, 2.75) is 50.9 Å². The van der Waals surface area contributed by atoms with E-state index in [1.807, 2.05) is 59.3 Å². The summed E-state index contributed by atoms with van der Waals surface area (Å²) in [6.07, 6.45) is 7.79. The van der Waals surface area contributed by atoms with E-state index >= 15 is 0 Å². The van der Waals surface area contributed by atoms with E-state index in [1.54, 1.807) is 18.2 Å². The first kappa shape index (κ1) is 32.1. The van der Waals surface area contributed by atoms with Gasteiger partial charge < -0.3 is 19.6 Å². The van der Waals surface area contributed by atoms with E-state index < -0.39 is 17.1 Å². The molecule has 0 unspecified atom stereocenters. The third kappa shape index (κ3) is 6.33. The summed E-state index contributed by atoms with van der Waals surface area (Å²) >= 11 is 0. The van der Waals surface area contributed by atoms with Crippen LogP contribution in [0.1, 0.15) is 43.0 Å². The van der Waals surface area contributed by atoms with Gasteiger partial charge >= 0.3 is 5.69 Å². The van der Waals surface area contributed by atoms with Crippen molar-refractivity contribution < 1.29 is 14.2 Å². The molecular formula is C38H38FN7O4. The fourth-order valence-corrected chi connectivity index (χ4v) is 7.40. The van der Waals surface area contributed by atoms with E-state index in [0.717, 1.165) is 60.2 Å². The number of hydrogen-bond acceptors (Lipinski definition) is 8. The van der Waals surface area contributed by atoms with E-state index in [1.165, 1.54) is 15.2 Å². The van der Waals surface area contributed by atoms with Crippen molar-refractivity contribution in [3.63, 3.8) is 0 Å². The minimum Gasteiger partial charge on any atom is -0.508 e. The highest BCUT2D eigenvalue weighted by molar-refractivity contribution is 5.77. The molecule has 0 spiro atoms. The minimum atomic E-state index is -0.642. The molecule has 0 amide bonds. The fourth-order valence-electron chi connectivity index (χ4n) is 7.40. The van der Waals surface area contributed by atoms with Crippen molar-refractivity contribution >= 4 is 16.7 Å². The zero-order valence-electron chi connectivity index (χ0n) is 27.5. The van der Waals surface area contributed by atoms with Gasteiger partial charge in [-0.1, -0.05) is 24.3 Å². The maximum absolute atomic E-state index is 14.6. The Kier molecular flexibility index (Phi) is 8.73. The SMILES string of the molecule is O=c1c2cc(F)cnc2n(-c2cccc(-c3ccc(O)cc3CN3CCOCC3)c2)c(=O)n1[C@H]1CC[C@@H](NCc2cn3ccccc3n2)CC1. The number of phenols is 1. The lowest BCUT2D eigenvalue weighted by atomic mass is 9.91. The normalized spacial score (nSPS) is 18.6. The standard InChI is InChI=1S/C38H38FN7O4/c39-27-20-34-36(41-21-27)45(31-5-3-4-25(18-31)33-12-11-32(47)19-26(33)23-43-14-16-50-17-15-43)38(49)46(37(34)48)30-9-7-28(8-10-30)40-22-29-24-44-13-2-1-6-35(44)42-29/h1-6,11-13,18-21,24,28,30,40,47H,7-10,14-17,22-23H2/t28-,30+. The number of hydrogen-bond donors (Lipinski definition) is 2. The number of morpholine rings is 1. The molecule has 1 saturated heterocycles. The maximum Gasteiger partial charge on any atom is 0.337 e. The average molecular weight is 676 g/mol. The summed E-state index contributed by atoms with van der Waals surface area (Å²) in [6, 6.07) is 19.7. The van der Waals surface area contributed by atoms with Gasteiger partial charge in [-0.15, -0.1) is 0 Å². The summed E-state index contributed by atoms with van der Waals surface area (Å²) in [5.41, 5.74) is 4.12. The van der Waals surface area contributed by atoms with Gasteiger partial charge in [-0.3, -0.25) is 14.3 Å². The van der Waals surface area contributed by atoms with Crippen LogP contribution < -0.4 is 16.6 Å². The lowest BCUT2D eigenvalue weighted by molar-refractivity contribution is 0.0342. The molecule has 2 aromatic carbocycles. The van der Waals surface area contributed by atoms with E-state index in [2.05, 4.69) is 20.2 Å². The Labute approximate surface area is 287 Å². The minimum absolute atomic E-state index is 0.0553. The number of nitrogens with one attached hydrogen (secondary N) is 1. The van der Waals surface area contributed by atoms with Crippen LogP contribution >= 0.6 is 0 Å². The second-order valence-corrected chi connectivity index (χ2v) is 13.2. The number of aromatic nitrogens is 5. The highest BCUT2D eigenvalue weighted by Crippen LogP contribution is 2.31. The molecule has 2 aliphatic rings. The number of benzene rings is 2. The molecule has 50 heavy (non-hydrogen) atoms. The van der Waals surface area contributed by atoms with Gasteiger partial charge in [0.25, 0.3) is 5.56 Å². The number of ether oxygens (including phenoxy) is 1. The van der Waals surface area contributed by atoms with Crippen molar-refractivity contribution in [3.8, 4) is 22.6 Å². The molecular weight excluding hydrogens is 637 g/mol. The van der Waals surface area contributed by atoms with Gasteiger partial charge in [0.1, 0.15) is 17.2 Å². The number of phenolic OH excluding ortho intramolecular Hbond substituents is 1. The first-order chi connectivity index (χ1) is 24.4. The molecule has 256 valence electrons. The van der Waals surface area contributed by atoms with Gasteiger partial charge in [-0.25, -0.2) is 23.7 Å². The van der Waals surface area contributed by atoms with Crippen LogP contribution in [0.3, 0.4) is 0 Å². The molecule has 5 heterocycles. The van der Waals surface area contributed by atoms with Crippen molar-refractivity contribution in [1.82, 2.24) is 33.7 Å². The van der Waals surface area contributed by atoms with Crippen LogP contribution in [0.25, 0.3) is 33.5 Å². The zero-order chi connectivity index (χ0) is 34.2. The Hall–Kier alpha value is -5.17. The quantitative estimate of drug-likeness (QED) is 0.236. The predicted octanol–water partition coefficient (Wildman–Crippen LogP) is 4.81. The molecule has 1 saturated carbocycles. The van der Waals surface area contributed by atoms with Crippen LogP contribution in [0.2, 0.25) is 0 Å². The molecule has 0 bridgehead atoms. The Morgan fingerprint density at radius 2 is 1.80 bits per heavy atom. The van der Waals surface area contributed by atoms with E-state index in [-0.39, 0.29) is 28.9 Å². The zero-order valence-corrected chi connectivity index (χ0v) is 27.5. The summed E-state index contributed by atoms with van der Waals surface area (Å²) in [5.74, 6) is -0.467. The highest BCUT2D eigenvalue weighted by atomic mass is 19.1. The van der Waals surface area contributed by atoms with E-state index in [4.69, 9.17) is 4.74 Å². The highest BCUT2D eigenvalue weighted by Gasteiger charge is 2.27. The Morgan fingerprint density at radius 1 is 0.960 bits per heavy atom. The molecule has 0 radical (unpaired) electrons. The summed E-state index contributed by atoms with van der Waals surface area (Å²) in [5, 5.41) is 14.0. The topological polar surface area (TPSA) is 119 Å². The van der Waals surface area contributed by atoms with Gasteiger partial charge in [-0.05, 0) is 84.8 Å². The third-order valence-electron chi connectivity index (χ3n) is 9.94. The van der Waals surface area contributed by atoms with Crippen LogP contribution in [-0.4, -0.2) is 65.9 Å². The number of nitrogens with zero attached hydrogens (tertiary/aromatic N) is 6. The second kappa shape index (κ2) is 13.6. The van der Waals surface area contributed by atoms with Crippen LogP contribution in [0.5, 0.6) is 5.75 Å². The average Bonchev–Trinajstić information content (AvgIpc) is 3.56. The van der Waals surface area contributed by atoms with Crippen molar-refractivity contribution in [1.29, 1.82) is 0 Å². The molecule has 0 atom stereocenters. The molecule has 1 aliphatic carbocycles. The molecule has 2 N–H and O–H groups in total. The number of imidazole rings is 1. The summed E-state index contributed by atoms with van der Waals surface area (Å²) in [7, 11) is 0. The smallest absolute Gasteiger partial charge is 0.337 e. The Morgan fingerprint density at radius 3 is 2.62 bits per heavy atom. The number of pyridine rings is 2. The summed E-state index contributed by atoms with van der Waals surface area (Å²) < 4.78 is 24.8. The molecule has 6 aromatic rings. The van der Waals surface area contributed by atoms with Gasteiger partial charge in [0.15, 0.2) is 5.65 Å². The van der Waals surface area contributed by atoms with Crippen molar-refractivity contribution in [3.05, 3.63) is 123 Å². The molecule has 4 aromatic heterocycles. The monoisotopic (exact) mass is 675 g/mol. The van der Waals surface area contributed by atoms with Crippen LogP contribution in [0.15, 0.2) is 94.9 Å². The molecule has 2 fully saturated rings. The number of rotatable bonds is 8. The largest absolute Gasteiger partial charge is 0.508 e. The molecule has 1 aliphatic heterocycles. The number of fused-ring (bicyclic) bond motifs is 2. The summed E-state index contributed by atoms with van der Waals surface area (Å²) in [4.78, 5) is 39.5. The van der Waals surface area contributed by atoms with Crippen LogP contribution in [-0.2, 0) is 17.8 Å². The van der Waals surface area contributed by atoms with Gasteiger partial charge in [0.05, 0.1) is 36.2 Å². The lowest BCUT2D eigenvalue weighted by Gasteiger charge is -2.30. The second-order valence-electron chi connectivity index (χ2n) is 13.2. The Bertz CT molecular complexity index is 2270. The third-order valence-corrected chi connectivity index (χ3v) is 9.94. The Balaban J connectivity index is 1.10. The van der Waals surface area contributed by atoms with E-state index in [0.29, 0.717) is 44.8 Å². The van der Waals surface area contributed by atoms with Crippen LogP contribution in [0, 0.1) is 5.82 Å². The first-order valence-electron chi connectivity index (χ1n) is 17.1. The molecule has 12 heteroatoms. The van der Waals surface area contributed by atoms with Crippen molar-refractivity contribution in [2.75, 3.05) is 26.3 Å². The summed E-state index contributed by atoms with van der Waals surface area (Å²) in [6.45, 7) is 4.15. The van der Waals surface area contributed by atoms with Gasteiger partial charge in [0.2, 0.25) is 0 Å². The lowest BCUT2D eigenvalue weighted by Crippen LogP contribution is -2.44.